The van der Waals surface area contributed by atoms with Gasteiger partial charge in [0.15, 0.2) is 0 Å². The van der Waals surface area contributed by atoms with Crippen LogP contribution in [-0.2, 0) is 22.5 Å². The largest absolute Gasteiger partial charge is 0.444 e. The first-order chi connectivity index (χ1) is 12.7. The smallest absolute Gasteiger partial charge is 0.412 e. The summed E-state index contributed by atoms with van der Waals surface area (Å²) in [5.74, 6) is 2.67. The van der Waals surface area contributed by atoms with Crippen molar-refractivity contribution in [2.24, 2.45) is 0 Å². The highest BCUT2D eigenvalue weighted by atomic mass is 16.6. The van der Waals surface area contributed by atoms with Gasteiger partial charge in [-0.2, -0.15) is 0 Å². The number of carbonyl (C=O) groups is 1. The van der Waals surface area contributed by atoms with Crippen LogP contribution in [0.2, 0.25) is 0 Å². The Morgan fingerprint density at radius 2 is 1.69 bits per heavy atom. The van der Waals surface area contributed by atoms with E-state index < -0.39 is 6.09 Å². The molecule has 1 atom stereocenters. The molecule has 1 unspecified atom stereocenters. The molecule has 2 aromatic carbocycles. The molecule has 0 aliphatic heterocycles. The molecule has 0 bridgehead atoms. The third-order valence-electron chi connectivity index (χ3n) is 4.11. The predicted molar refractivity (Wildman–Crippen MR) is 102 cm³/mol. The zero-order chi connectivity index (χ0) is 18.6. The Kier molecular flexibility index (Phi) is 8.25. The number of terminal acetylenes is 1. The Bertz CT molecular complexity index is 694. The van der Waals surface area contributed by atoms with Crippen molar-refractivity contribution in [1.82, 2.24) is 4.90 Å². The number of hydrogen-bond donors (Lipinski definition) is 0. The standard InChI is InChI=1S/C22H25NO3/c1-3-10-21(16-15-19-11-6-4-7-12-19)23(18-25-2)22(24)26-17-20-13-8-5-9-14-20/h1,4-9,11-14,21H,10,15-18H2,2H3. The van der Waals surface area contributed by atoms with Gasteiger partial charge >= 0.3 is 6.09 Å². The molecule has 2 rings (SSSR count). The van der Waals surface area contributed by atoms with Gasteiger partial charge in [0.1, 0.15) is 13.3 Å². The lowest BCUT2D eigenvalue weighted by molar-refractivity contribution is 0.0166. The summed E-state index contributed by atoms with van der Waals surface area (Å²) >= 11 is 0. The summed E-state index contributed by atoms with van der Waals surface area (Å²) in [5.41, 5.74) is 2.15. The Labute approximate surface area is 155 Å². The first-order valence-corrected chi connectivity index (χ1v) is 8.68. The van der Waals surface area contributed by atoms with E-state index in [1.165, 1.54) is 5.56 Å². The van der Waals surface area contributed by atoms with Crippen LogP contribution in [-0.4, -0.2) is 30.9 Å². The Balaban J connectivity index is 1.99. The van der Waals surface area contributed by atoms with Gasteiger partial charge in [-0.3, -0.25) is 4.90 Å². The number of ether oxygens (including phenoxy) is 2. The molecule has 1 amide bonds. The summed E-state index contributed by atoms with van der Waals surface area (Å²) in [6.07, 6.45) is 7.15. The number of benzene rings is 2. The maximum Gasteiger partial charge on any atom is 0.412 e. The molecular weight excluding hydrogens is 326 g/mol. The third kappa shape index (κ3) is 6.27. The molecule has 0 fully saturated rings. The molecule has 0 saturated carbocycles. The summed E-state index contributed by atoms with van der Waals surface area (Å²) in [5, 5.41) is 0. The lowest BCUT2D eigenvalue weighted by atomic mass is 10.0. The van der Waals surface area contributed by atoms with Gasteiger partial charge in [-0.05, 0) is 24.0 Å². The van der Waals surface area contributed by atoms with E-state index in [0.29, 0.717) is 6.42 Å². The predicted octanol–water partition coefficient (Wildman–Crippen LogP) is 4.25. The highest BCUT2D eigenvalue weighted by molar-refractivity contribution is 5.68. The normalized spacial score (nSPS) is 11.4. The molecule has 0 radical (unpaired) electrons. The van der Waals surface area contributed by atoms with Crippen molar-refractivity contribution in [3.63, 3.8) is 0 Å². The van der Waals surface area contributed by atoms with Crippen molar-refractivity contribution in [2.75, 3.05) is 13.8 Å². The zero-order valence-electron chi connectivity index (χ0n) is 15.1. The number of carbonyl (C=O) groups excluding carboxylic acids is 1. The number of nitrogens with zero attached hydrogens (tertiary/aromatic N) is 1. The minimum absolute atomic E-state index is 0.136. The topological polar surface area (TPSA) is 38.8 Å². The minimum atomic E-state index is -0.413. The summed E-state index contributed by atoms with van der Waals surface area (Å²) < 4.78 is 10.7. The monoisotopic (exact) mass is 351 g/mol. The molecule has 136 valence electrons. The van der Waals surface area contributed by atoms with Gasteiger partial charge in [0.2, 0.25) is 0 Å². The van der Waals surface area contributed by atoms with Crippen molar-refractivity contribution in [3.8, 4) is 12.3 Å². The van der Waals surface area contributed by atoms with Crippen molar-refractivity contribution in [2.45, 2.75) is 31.9 Å². The summed E-state index contributed by atoms with van der Waals surface area (Å²) in [6, 6.07) is 19.6. The zero-order valence-corrected chi connectivity index (χ0v) is 15.1. The molecule has 26 heavy (non-hydrogen) atoms. The van der Waals surface area contributed by atoms with Crippen LogP contribution in [0.15, 0.2) is 60.7 Å². The number of rotatable bonds is 9. The molecule has 0 spiro atoms. The van der Waals surface area contributed by atoms with Crippen molar-refractivity contribution in [3.05, 3.63) is 71.8 Å². The molecule has 0 heterocycles. The van der Waals surface area contributed by atoms with Crippen molar-refractivity contribution < 1.29 is 14.3 Å². The number of hydrogen-bond acceptors (Lipinski definition) is 3. The van der Waals surface area contributed by atoms with Gasteiger partial charge in [-0.25, -0.2) is 4.79 Å². The lowest BCUT2D eigenvalue weighted by Crippen LogP contribution is -2.42. The highest BCUT2D eigenvalue weighted by Crippen LogP contribution is 2.15. The molecule has 0 saturated heterocycles. The van der Waals surface area contributed by atoms with Gasteiger partial charge in [0, 0.05) is 19.6 Å². The van der Waals surface area contributed by atoms with Gasteiger partial charge < -0.3 is 9.47 Å². The second kappa shape index (κ2) is 11.0. The summed E-state index contributed by atoms with van der Waals surface area (Å²) in [6.45, 7) is 0.371. The molecule has 0 N–H and O–H groups in total. The van der Waals surface area contributed by atoms with Crippen LogP contribution >= 0.6 is 0 Å². The fourth-order valence-electron chi connectivity index (χ4n) is 2.73. The highest BCUT2D eigenvalue weighted by Gasteiger charge is 2.24. The fourth-order valence-corrected chi connectivity index (χ4v) is 2.73. The number of aryl methyl sites for hydroxylation is 1. The van der Waals surface area contributed by atoms with E-state index in [9.17, 15) is 4.79 Å². The Hall–Kier alpha value is -2.77. The number of amides is 1. The van der Waals surface area contributed by atoms with E-state index in [-0.39, 0.29) is 19.4 Å². The van der Waals surface area contributed by atoms with Crippen LogP contribution in [0.1, 0.15) is 24.0 Å². The summed E-state index contributed by atoms with van der Waals surface area (Å²) in [4.78, 5) is 14.2. The van der Waals surface area contributed by atoms with E-state index in [1.54, 1.807) is 12.0 Å². The average molecular weight is 351 g/mol. The van der Waals surface area contributed by atoms with Crippen molar-refractivity contribution in [1.29, 1.82) is 0 Å². The second-order valence-electron chi connectivity index (χ2n) is 6.01. The minimum Gasteiger partial charge on any atom is -0.444 e. The SMILES string of the molecule is C#CCC(CCc1ccccc1)N(COC)C(=O)OCc1ccccc1. The first kappa shape index (κ1) is 19.6. The fraction of sp³-hybridized carbons (Fsp3) is 0.318. The quantitative estimate of drug-likeness (QED) is 0.501. The number of methoxy groups -OCH3 is 1. The molecule has 0 aliphatic rings. The van der Waals surface area contributed by atoms with E-state index in [4.69, 9.17) is 15.9 Å². The van der Waals surface area contributed by atoms with Gasteiger partial charge in [0.25, 0.3) is 0 Å². The first-order valence-electron chi connectivity index (χ1n) is 8.68. The van der Waals surface area contributed by atoms with Crippen LogP contribution in [0.5, 0.6) is 0 Å². The van der Waals surface area contributed by atoms with E-state index >= 15 is 0 Å². The molecular formula is C22H25NO3. The maximum absolute atomic E-state index is 12.6. The average Bonchev–Trinajstić information content (AvgIpc) is 2.69. The van der Waals surface area contributed by atoms with Gasteiger partial charge in [-0.15, -0.1) is 12.3 Å². The van der Waals surface area contributed by atoms with E-state index in [1.807, 2.05) is 48.5 Å². The van der Waals surface area contributed by atoms with E-state index in [0.717, 1.165) is 18.4 Å². The Morgan fingerprint density at radius 3 is 2.27 bits per heavy atom. The van der Waals surface area contributed by atoms with Crippen LogP contribution in [0.25, 0.3) is 0 Å². The van der Waals surface area contributed by atoms with Gasteiger partial charge in [-0.1, -0.05) is 60.7 Å². The lowest BCUT2D eigenvalue weighted by Gasteiger charge is -2.29. The molecule has 0 aromatic heterocycles. The molecule has 4 nitrogen and oxygen atoms in total. The third-order valence-corrected chi connectivity index (χ3v) is 4.11. The summed E-state index contributed by atoms with van der Waals surface area (Å²) in [7, 11) is 1.56. The molecule has 4 heteroatoms. The molecule has 0 aliphatic carbocycles. The van der Waals surface area contributed by atoms with Crippen LogP contribution < -0.4 is 0 Å². The van der Waals surface area contributed by atoms with E-state index in [2.05, 4.69) is 18.1 Å². The van der Waals surface area contributed by atoms with Crippen LogP contribution in [0, 0.1) is 12.3 Å². The molecule has 2 aromatic rings. The van der Waals surface area contributed by atoms with Crippen LogP contribution in [0.4, 0.5) is 4.79 Å². The Morgan fingerprint density at radius 1 is 1.08 bits per heavy atom. The van der Waals surface area contributed by atoms with Gasteiger partial charge in [0.05, 0.1) is 0 Å². The second-order valence-corrected chi connectivity index (χ2v) is 6.01. The van der Waals surface area contributed by atoms with Crippen LogP contribution in [0.3, 0.4) is 0 Å². The maximum atomic E-state index is 12.6. The van der Waals surface area contributed by atoms with Crippen molar-refractivity contribution >= 4 is 6.09 Å².